The largest absolute Gasteiger partial charge is 0.507 e. The maximum atomic E-state index is 11.7. The molecule has 0 aliphatic carbocycles. The minimum atomic E-state index is -0.438. The molecule has 0 saturated carbocycles. The van der Waals surface area contributed by atoms with Crippen molar-refractivity contribution in [3.63, 3.8) is 0 Å². The SMILES string of the molecule is CC(C)NC(=O)CCNC(=O)c1ccc(Cl)cc1O. The number of phenols is 1. The van der Waals surface area contributed by atoms with Gasteiger partial charge in [0.05, 0.1) is 5.56 Å². The van der Waals surface area contributed by atoms with E-state index in [-0.39, 0.29) is 36.2 Å². The lowest BCUT2D eigenvalue weighted by Gasteiger charge is -2.09. The zero-order valence-electron chi connectivity index (χ0n) is 10.9. The van der Waals surface area contributed by atoms with Gasteiger partial charge in [0.2, 0.25) is 5.91 Å². The lowest BCUT2D eigenvalue weighted by Crippen LogP contribution is -2.34. The number of hydrogen-bond acceptors (Lipinski definition) is 3. The number of carbonyl (C=O) groups excluding carboxylic acids is 2. The van der Waals surface area contributed by atoms with E-state index >= 15 is 0 Å². The highest BCUT2D eigenvalue weighted by molar-refractivity contribution is 6.30. The highest BCUT2D eigenvalue weighted by Gasteiger charge is 2.11. The van der Waals surface area contributed by atoms with E-state index in [4.69, 9.17) is 11.6 Å². The number of nitrogens with one attached hydrogen (secondary N) is 2. The smallest absolute Gasteiger partial charge is 0.255 e. The number of amides is 2. The summed E-state index contributed by atoms with van der Waals surface area (Å²) in [5.74, 6) is -0.751. The minimum absolute atomic E-state index is 0.0727. The van der Waals surface area contributed by atoms with Crippen LogP contribution in [0.15, 0.2) is 18.2 Å². The Balaban J connectivity index is 2.45. The maximum Gasteiger partial charge on any atom is 0.255 e. The Bertz CT molecular complexity index is 475. The van der Waals surface area contributed by atoms with Gasteiger partial charge in [0.25, 0.3) is 5.91 Å². The molecule has 3 N–H and O–H groups in total. The molecule has 2 amide bonds. The molecule has 0 atom stereocenters. The van der Waals surface area contributed by atoms with E-state index in [0.29, 0.717) is 5.02 Å². The van der Waals surface area contributed by atoms with Crippen molar-refractivity contribution in [3.05, 3.63) is 28.8 Å². The van der Waals surface area contributed by atoms with E-state index < -0.39 is 5.91 Å². The van der Waals surface area contributed by atoms with Gasteiger partial charge in [-0.3, -0.25) is 9.59 Å². The summed E-state index contributed by atoms with van der Waals surface area (Å²) in [7, 11) is 0. The van der Waals surface area contributed by atoms with Crippen LogP contribution in [0.3, 0.4) is 0 Å². The molecule has 0 aliphatic heterocycles. The molecule has 5 nitrogen and oxygen atoms in total. The Labute approximate surface area is 117 Å². The van der Waals surface area contributed by atoms with E-state index in [9.17, 15) is 14.7 Å². The normalized spacial score (nSPS) is 10.3. The van der Waals surface area contributed by atoms with Crippen molar-refractivity contribution >= 4 is 23.4 Å². The molecule has 0 aliphatic rings. The van der Waals surface area contributed by atoms with E-state index in [1.807, 2.05) is 13.8 Å². The second-order valence-corrected chi connectivity index (χ2v) is 4.83. The first kappa shape index (κ1) is 15.3. The summed E-state index contributed by atoms with van der Waals surface area (Å²) in [6, 6.07) is 4.31. The molecule has 0 bridgehead atoms. The molecule has 0 heterocycles. The van der Waals surface area contributed by atoms with Gasteiger partial charge in [-0.25, -0.2) is 0 Å². The van der Waals surface area contributed by atoms with Gasteiger partial charge < -0.3 is 15.7 Å². The molecule has 0 radical (unpaired) electrons. The highest BCUT2D eigenvalue weighted by Crippen LogP contribution is 2.21. The van der Waals surface area contributed by atoms with Crippen molar-refractivity contribution in [2.45, 2.75) is 26.3 Å². The molecule has 1 aromatic carbocycles. The van der Waals surface area contributed by atoms with Crippen molar-refractivity contribution in [2.75, 3.05) is 6.54 Å². The van der Waals surface area contributed by atoms with Crippen molar-refractivity contribution in [2.24, 2.45) is 0 Å². The van der Waals surface area contributed by atoms with Crippen LogP contribution >= 0.6 is 11.6 Å². The lowest BCUT2D eigenvalue weighted by atomic mass is 10.2. The first-order valence-electron chi connectivity index (χ1n) is 5.96. The van der Waals surface area contributed by atoms with Crippen LogP contribution in [-0.2, 0) is 4.79 Å². The summed E-state index contributed by atoms with van der Waals surface area (Å²) in [4.78, 5) is 23.1. The van der Waals surface area contributed by atoms with Crippen molar-refractivity contribution in [1.82, 2.24) is 10.6 Å². The quantitative estimate of drug-likeness (QED) is 0.770. The topological polar surface area (TPSA) is 78.4 Å². The average Bonchev–Trinajstić information content (AvgIpc) is 2.27. The number of carbonyl (C=O) groups is 2. The second-order valence-electron chi connectivity index (χ2n) is 4.39. The number of halogens is 1. The number of benzene rings is 1. The van der Waals surface area contributed by atoms with E-state index in [1.54, 1.807) is 0 Å². The summed E-state index contributed by atoms with van der Waals surface area (Å²) in [6.45, 7) is 3.93. The molecule has 0 spiro atoms. The molecule has 0 saturated heterocycles. The zero-order chi connectivity index (χ0) is 14.4. The first-order chi connectivity index (χ1) is 8.90. The summed E-state index contributed by atoms with van der Waals surface area (Å²) in [5.41, 5.74) is 0.133. The molecule has 1 rings (SSSR count). The highest BCUT2D eigenvalue weighted by atomic mass is 35.5. The average molecular weight is 285 g/mol. The molecule has 6 heteroatoms. The van der Waals surface area contributed by atoms with E-state index in [1.165, 1.54) is 18.2 Å². The van der Waals surface area contributed by atoms with Crippen LogP contribution in [-0.4, -0.2) is 29.5 Å². The van der Waals surface area contributed by atoms with Gasteiger partial charge in [0.15, 0.2) is 0 Å². The van der Waals surface area contributed by atoms with Gasteiger partial charge in [-0.2, -0.15) is 0 Å². The Morgan fingerprint density at radius 2 is 2.05 bits per heavy atom. The Hall–Kier alpha value is -1.75. The fourth-order valence-electron chi connectivity index (χ4n) is 1.48. The van der Waals surface area contributed by atoms with Gasteiger partial charge >= 0.3 is 0 Å². The monoisotopic (exact) mass is 284 g/mol. The minimum Gasteiger partial charge on any atom is -0.507 e. The van der Waals surface area contributed by atoms with E-state index in [2.05, 4.69) is 10.6 Å². The number of aromatic hydroxyl groups is 1. The summed E-state index contributed by atoms with van der Waals surface area (Å²) in [5, 5.41) is 15.2. The standard InChI is InChI=1S/C13H17ClN2O3/c1-8(2)16-12(18)5-6-15-13(19)10-4-3-9(14)7-11(10)17/h3-4,7-8,17H,5-6H2,1-2H3,(H,15,19)(H,16,18). The predicted molar refractivity (Wildman–Crippen MR) is 73.3 cm³/mol. The molecule has 0 unspecified atom stereocenters. The van der Waals surface area contributed by atoms with E-state index in [0.717, 1.165) is 0 Å². The van der Waals surface area contributed by atoms with Gasteiger partial charge in [-0.05, 0) is 32.0 Å². The van der Waals surface area contributed by atoms with Crippen LogP contribution < -0.4 is 10.6 Å². The van der Waals surface area contributed by atoms with Crippen LogP contribution in [0, 0.1) is 0 Å². The molecule has 104 valence electrons. The molecular formula is C13H17ClN2O3. The molecule has 19 heavy (non-hydrogen) atoms. The van der Waals surface area contributed by atoms with Crippen LogP contribution in [0.1, 0.15) is 30.6 Å². The van der Waals surface area contributed by atoms with Gasteiger partial charge in [-0.15, -0.1) is 0 Å². The number of rotatable bonds is 5. The van der Waals surface area contributed by atoms with Crippen LogP contribution in [0.2, 0.25) is 5.02 Å². The summed E-state index contributed by atoms with van der Waals surface area (Å²) in [6.07, 6.45) is 0.193. The molecule has 1 aromatic rings. The maximum absolute atomic E-state index is 11.7. The lowest BCUT2D eigenvalue weighted by molar-refractivity contribution is -0.121. The van der Waals surface area contributed by atoms with Gasteiger partial charge in [-0.1, -0.05) is 11.6 Å². The fraction of sp³-hybridized carbons (Fsp3) is 0.385. The van der Waals surface area contributed by atoms with Gasteiger partial charge in [0.1, 0.15) is 5.75 Å². The van der Waals surface area contributed by atoms with Crippen molar-refractivity contribution < 1.29 is 14.7 Å². The molecule has 0 fully saturated rings. The predicted octanol–water partition coefficient (Wildman–Crippen LogP) is 1.69. The Morgan fingerprint density at radius 3 is 2.63 bits per heavy atom. The second kappa shape index (κ2) is 6.99. The molecular weight excluding hydrogens is 268 g/mol. The third-order valence-electron chi connectivity index (χ3n) is 2.29. The molecule has 0 aromatic heterocycles. The van der Waals surface area contributed by atoms with Crippen molar-refractivity contribution in [3.8, 4) is 5.75 Å². The van der Waals surface area contributed by atoms with Gasteiger partial charge in [0, 0.05) is 24.0 Å². The van der Waals surface area contributed by atoms with Crippen molar-refractivity contribution in [1.29, 1.82) is 0 Å². The summed E-state index contributed by atoms with van der Waals surface area (Å²) < 4.78 is 0. The Morgan fingerprint density at radius 1 is 1.37 bits per heavy atom. The third-order valence-corrected chi connectivity index (χ3v) is 2.53. The van der Waals surface area contributed by atoms with Crippen LogP contribution in [0.25, 0.3) is 0 Å². The zero-order valence-corrected chi connectivity index (χ0v) is 11.6. The summed E-state index contributed by atoms with van der Waals surface area (Å²) >= 11 is 5.67. The first-order valence-corrected chi connectivity index (χ1v) is 6.34. The van der Waals surface area contributed by atoms with Crippen LogP contribution in [0.5, 0.6) is 5.75 Å². The number of phenolic OH excluding ortho intramolecular Hbond substituents is 1. The third kappa shape index (κ3) is 5.18. The Kier molecular flexibility index (Phi) is 5.63. The number of hydrogen-bond donors (Lipinski definition) is 3. The van der Waals surface area contributed by atoms with Crippen LogP contribution in [0.4, 0.5) is 0 Å². The fourth-order valence-corrected chi connectivity index (χ4v) is 1.64.